The highest BCUT2D eigenvalue weighted by Crippen LogP contribution is 2.07. The molecule has 0 saturated heterocycles. The number of rotatable bonds is 5. The molecule has 2 aromatic heterocycles. The van der Waals surface area contributed by atoms with Crippen LogP contribution in [0.1, 0.15) is 19.0 Å². The van der Waals surface area contributed by atoms with Crippen LogP contribution in [0.2, 0.25) is 0 Å². The third-order valence-corrected chi connectivity index (χ3v) is 2.47. The lowest BCUT2D eigenvalue weighted by atomic mass is 10.4. The van der Waals surface area contributed by atoms with Crippen LogP contribution in [-0.4, -0.2) is 33.7 Å². The molecule has 0 spiro atoms. The lowest BCUT2D eigenvalue weighted by molar-refractivity contribution is -0.142. The van der Waals surface area contributed by atoms with Gasteiger partial charge in [-0.1, -0.05) is 6.07 Å². The van der Waals surface area contributed by atoms with Crippen LogP contribution in [0.5, 0.6) is 0 Å². The molecule has 1 N–H and O–H groups in total. The van der Waals surface area contributed by atoms with E-state index in [0.29, 0.717) is 25.5 Å². The predicted octanol–water partition coefficient (Wildman–Crippen LogP) is 1.40. The molecule has 0 radical (unpaired) electrons. The Kier molecular flexibility index (Phi) is 3.76. The van der Waals surface area contributed by atoms with Gasteiger partial charge in [-0.05, 0) is 26.0 Å². The number of nitrogens with zero attached hydrogens (tertiary/aromatic N) is 3. The Morgan fingerprint density at radius 2 is 2.33 bits per heavy atom. The molecule has 0 amide bonds. The second-order valence-corrected chi connectivity index (χ2v) is 3.85. The molecule has 96 valence electrons. The van der Waals surface area contributed by atoms with Gasteiger partial charge in [0, 0.05) is 12.2 Å². The summed E-state index contributed by atoms with van der Waals surface area (Å²) in [6.07, 6.45) is 0.308. The number of carbonyl (C=O) groups is 1. The molecule has 0 aliphatic heterocycles. The topological polar surface area (TPSA) is 68.5 Å². The maximum Gasteiger partial charge on any atom is 0.307 e. The van der Waals surface area contributed by atoms with Crippen LogP contribution in [0.25, 0.3) is 5.65 Å². The summed E-state index contributed by atoms with van der Waals surface area (Å²) in [5.41, 5.74) is 1.80. The van der Waals surface area contributed by atoms with Crippen molar-refractivity contribution in [2.45, 2.75) is 20.3 Å². The van der Waals surface area contributed by atoms with E-state index < -0.39 is 0 Å². The van der Waals surface area contributed by atoms with Crippen LogP contribution in [0.3, 0.4) is 0 Å². The van der Waals surface area contributed by atoms with E-state index in [-0.39, 0.29) is 5.97 Å². The van der Waals surface area contributed by atoms with E-state index >= 15 is 0 Å². The Balaban J connectivity index is 1.96. The maximum atomic E-state index is 11.2. The fraction of sp³-hybridized carbons (Fsp3) is 0.417. The highest BCUT2D eigenvalue weighted by Gasteiger charge is 2.05. The molecule has 2 heterocycles. The summed E-state index contributed by atoms with van der Waals surface area (Å²) in [7, 11) is 0. The van der Waals surface area contributed by atoms with Crippen molar-refractivity contribution in [1.29, 1.82) is 0 Å². The fourth-order valence-electron chi connectivity index (χ4n) is 1.62. The van der Waals surface area contributed by atoms with Crippen molar-refractivity contribution in [3.63, 3.8) is 0 Å². The number of carbonyl (C=O) groups excluding carboxylic acids is 1. The number of esters is 1. The highest BCUT2D eigenvalue weighted by molar-refractivity contribution is 5.69. The first-order chi connectivity index (χ1) is 8.70. The van der Waals surface area contributed by atoms with Gasteiger partial charge >= 0.3 is 5.97 Å². The van der Waals surface area contributed by atoms with Crippen molar-refractivity contribution in [3.8, 4) is 0 Å². The number of fused-ring (bicyclic) bond motifs is 1. The molecular weight excluding hydrogens is 232 g/mol. The van der Waals surface area contributed by atoms with E-state index in [1.54, 1.807) is 11.4 Å². The zero-order valence-corrected chi connectivity index (χ0v) is 10.5. The first-order valence-corrected chi connectivity index (χ1v) is 5.92. The van der Waals surface area contributed by atoms with Gasteiger partial charge in [0.05, 0.1) is 13.0 Å². The molecule has 2 rings (SSSR count). The number of nitrogens with one attached hydrogen (secondary N) is 1. The monoisotopic (exact) mass is 248 g/mol. The molecule has 6 nitrogen and oxygen atoms in total. The maximum absolute atomic E-state index is 11.2. The van der Waals surface area contributed by atoms with Crippen molar-refractivity contribution in [1.82, 2.24) is 14.6 Å². The summed E-state index contributed by atoms with van der Waals surface area (Å²) in [5, 5.41) is 7.30. The first-order valence-electron chi connectivity index (χ1n) is 5.92. The summed E-state index contributed by atoms with van der Waals surface area (Å²) in [4.78, 5) is 15.5. The van der Waals surface area contributed by atoms with Gasteiger partial charge < -0.3 is 10.1 Å². The molecular formula is C12H16N4O2. The molecule has 0 aromatic carbocycles. The summed E-state index contributed by atoms with van der Waals surface area (Å²) < 4.78 is 6.59. The lowest BCUT2D eigenvalue weighted by Crippen LogP contribution is -2.12. The minimum absolute atomic E-state index is 0.218. The van der Waals surface area contributed by atoms with Crippen molar-refractivity contribution in [2.75, 3.05) is 18.5 Å². The highest BCUT2D eigenvalue weighted by atomic mass is 16.5. The third kappa shape index (κ3) is 2.77. The van der Waals surface area contributed by atoms with E-state index in [2.05, 4.69) is 15.4 Å². The second kappa shape index (κ2) is 5.48. The molecule has 0 aliphatic carbocycles. The van der Waals surface area contributed by atoms with E-state index in [0.717, 1.165) is 11.3 Å². The predicted molar refractivity (Wildman–Crippen MR) is 67.5 cm³/mol. The van der Waals surface area contributed by atoms with Crippen molar-refractivity contribution in [3.05, 3.63) is 23.9 Å². The van der Waals surface area contributed by atoms with Crippen molar-refractivity contribution < 1.29 is 9.53 Å². The number of ether oxygens (including phenoxy) is 1. The normalized spacial score (nSPS) is 10.6. The van der Waals surface area contributed by atoms with E-state index in [1.807, 2.05) is 25.1 Å². The lowest BCUT2D eigenvalue weighted by Gasteiger charge is -2.01. The molecule has 0 atom stereocenters. The van der Waals surface area contributed by atoms with E-state index in [9.17, 15) is 4.79 Å². The van der Waals surface area contributed by atoms with E-state index in [4.69, 9.17) is 4.74 Å². The number of anilines is 1. The smallest absolute Gasteiger partial charge is 0.307 e. The SMILES string of the molecule is CCOC(=O)CCNc1nc2cccc(C)n2n1. The van der Waals surface area contributed by atoms with Gasteiger partial charge in [-0.2, -0.15) is 4.98 Å². The molecule has 0 bridgehead atoms. The first kappa shape index (κ1) is 12.3. The van der Waals surface area contributed by atoms with Crippen molar-refractivity contribution in [2.24, 2.45) is 0 Å². The van der Waals surface area contributed by atoms with Gasteiger partial charge in [-0.15, -0.1) is 5.10 Å². The van der Waals surface area contributed by atoms with Crippen LogP contribution in [0.15, 0.2) is 18.2 Å². The van der Waals surface area contributed by atoms with Gasteiger partial charge in [0.1, 0.15) is 0 Å². The average Bonchev–Trinajstić information content (AvgIpc) is 2.74. The standard InChI is InChI=1S/C12H16N4O2/c1-3-18-11(17)7-8-13-12-14-10-6-4-5-9(2)16(10)15-12/h4-6H,3,7-8H2,1-2H3,(H,13,15). The quantitative estimate of drug-likeness (QED) is 0.810. The largest absolute Gasteiger partial charge is 0.466 e. The number of aromatic nitrogens is 3. The summed E-state index contributed by atoms with van der Waals surface area (Å²) >= 11 is 0. The fourth-order valence-corrected chi connectivity index (χ4v) is 1.62. The molecule has 0 unspecified atom stereocenters. The van der Waals surface area contributed by atoms with Gasteiger partial charge in [0.15, 0.2) is 5.65 Å². The summed E-state index contributed by atoms with van der Waals surface area (Å²) in [5.74, 6) is 0.304. The Bertz CT molecular complexity index is 550. The zero-order chi connectivity index (χ0) is 13.0. The van der Waals surface area contributed by atoms with Crippen LogP contribution in [0, 0.1) is 6.92 Å². The number of hydrogen-bond donors (Lipinski definition) is 1. The minimum Gasteiger partial charge on any atom is -0.466 e. The molecule has 0 aliphatic rings. The van der Waals surface area contributed by atoms with Crippen LogP contribution < -0.4 is 5.32 Å². The molecule has 0 saturated carbocycles. The molecule has 6 heteroatoms. The van der Waals surface area contributed by atoms with Gasteiger partial charge in [-0.3, -0.25) is 4.79 Å². The van der Waals surface area contributed by atoms with Crippen molar-refractivity contribution >= 4 is 17.6 Å². The van der Waals surface area contributed by atoms with Gasteiger partial charge in [0.25, 0.3) is 0 Å². The van der Waals surface area contributed by atoms with Crippen LogP contribution in [-0.2, 0) is 9.53 Å². The Morgan fingerprint density at radius 1 is 1.50 bits per heavy atom. The Hall–Kier alpha value is -2.11. The number of pyridine rings is 1. The number of hydrogen-bond acceptors (Lipinski definition) is 5. The summed E-state index contributed by atoms with van der Waals surface area (Å²) in [6, 6.07) is 5.78. The third-order valence-electron chi connectivity index (χ3n) is 2.47. The Morgan fingerprint density at radius 3 is 3.06 bits per heavy atom. The Labute approximate surface area is 105 Å². The minimum atomic E-state index is -0.218. The molecule has 18 heavy (non-hydrogen) atoms. The molecule has 2 aromatic rings. The van der Waals surface area contributed by atoms with Gasteiger partial charge in [-0.25, -0.2) is 4.52 Å². The van der Waals surface area contributed by atoms with Crippen LogP contribution in [0.4, 0.5) is 5.95 Å². The zero-order valence-electron chi connectivity index (χ0n) is 10.5. The van der Waals surface area contributed by atoms with E-state index in [1.165, 1.54) is 0 Å². The second-order valence-electron chi connectivity index (χ2n) is 3.85. The van der Waals surface area contributed by atoms with Gasteiger partial charge in [0.2, 0.25) is 5.95 Å². The summed E-state index contributed by atoms with van der Waals surface area (Å²) in [6.45, 7) is 4.63. The number of aryl methyl sites for hydroxylation is 1. The van der Waals surface area contributed by atoms with Crippen LogP contribution >= 0.6 is 0 Å². The average molecular weight is 248 g/mol. The molecule has 0 fully saturated rings.